The Labute approximate surface area is 192 Å². The van der Waals surface area contributed by atoms with Crippen molar-refractivity contribution in [2.24, 2.45) is 11.8 Å². The number of ether oxygens (including phenoxy) is 1. The van der Waals surface area contributed by atoms with Gasteiger partial charge in [-0.15, -0.1) is 10.2 Å². The summed E-state index contributed by atoms with van der Waals surface area (Å²) in [4.78, 5) is 5.44. The normalized spacial score (nSPS) is 28.8. The van der Waals surface area contributed by atoms with Crippen molar-refractivity contribution in [3.8, 4) is 11.3 Å². The Hall–Kier alpha value is -2.33. The van der Waals surface area contributed by atoms with Crippen LogP contribution in [0.3, 0.4) is 0 Å². The van der Waals surface area contributed by atoms with Gasteiger partial charge in [-0.2, -0.15) is 13.2 Å². The second-order valence-corrected chi connectivity index (χ2v) is 9.15. The van der Waals surface area contributed by atoms with Crippen molar-refractivity contribution in [2.45, 2.75) is 43.6 Å². The molecule has 2 saturated heterocycles. The van der Waals surface area contributed by atoms with Crippen LogP contribution >= 0.6 is 0 Å². The molecular weight excluding hydrogens is 438 g/mol. The van der Waals surface area contributed by atoms with Crippen LogP contribution in [0, 0.1) is 11.8 Å². The van der Waals surface area contributed by atoms with Gasteiger partial charge in [0.15, 0.2) is 0 Å². The molecule has 1 saturated carbocycles. The highest BCUT2D eigenvalue weighted by Crippen LogP contribution is 2.41. The Balaban J connectivity index is 1.20. The quantitative estimate of drug-likeness (QED) is 0.666. The lowest BCUT2D eigenvalue weighted by Gasteiger charge is -2.33. The Morgan fingerprint density at radius 2 is 1.85 bits per heavy atom. The predicted octanol–water partition coefficient (Wildman–Crippen LogP) is 4.20. The molecule has 3 aliphatic rings. The van der Waals surface area contributed by atoms with Crippen molar-refractivity contribution in [1.29, 1.82) is 0 Å². The Morgan fingerprint density at radius 3 is 2.48 bits per heavy atom. The van der Waals surface area contributed by atoms with Crippen LogP contribution in [0.5, 0.6) is 0 Å². The third-order valence-electron chi connectivity index (χ3n) is 6.81. The minimum absolute atomic E-state index is 0.0637. The van der Waals surface area contributed by atoms with Gasteiger partial charge in [0.2, 0.25) is 0 Å². The SMILES string of the molecule is [2H]C([2H])(N1C[C@H]2CC(Nc3ccc(-c4cnccc4C(F)(F)F)nn3)C[C@H]2C1)C1(F)CCOCC1. The van der Waals surface area contributed by atoms with E-state index in [0.29, 0.717) is 18.9 Å². The number of halogens is 4. The first kappa shape index (κ1) is 20.1. The van der Waals surface area contributed by atoms with Crippen molar-refractivity contribution >= 4 is 5.82 Å². The fraction of sp³-hybridized carbons (Fsp3) is 0.609. The van der Waals surface area contributed by atoms with E-state index in [9.17, 15) is 13.2 Å². The highest BCUT2D eigenvalue weighted by atomic mass is 19.4. The molecule has 4 heterocycles. The summed E-state index contributed by atoms with van der Waals surface area (Å²) in [6.07, 6.45) is -0.606. The summed E-state index contributed by atoms with van der Waals surface area (Å²) in [6, 6.07) is 4.10. The Kier molecular flexibility index (Phi) is 5.35. The van der Waals surface area contributed by atoms with Gasteiger partial charge in [0.25, 0.3) is 0 Å². The average Bonchev–Trinajstić information content (AvgIpc) is 3.39. The van der Waals surface area contributed by atoms with Gasteiger partial charge in [0.1, 0.15) is 11.5 Å². The van der Waals surface area contributed by atoms with Crippen LogP contribution in [0.4, 0.5) is 23.4 Å². The standard InChI is InChI=1S/C23H27F4N5O/c24-22(4-7-33-8-5-22)14-32-12-15-9-17(10-16(15)13-32)29-21-2-1-20(30-31-21)18-11-28-6-3-19(18)23(25,26)27/h1-3,6,11,15-17H,4-5,7-10,12-14H2,(H,29,31)/t15-,16+,17?/i14D2. The number of rotatable bonds is 5. The van der Waals surface area contributed by atoms with Crippen LogP contribution in [-0.2, 0) is 10.9 Å². The second-order valence-electron chi connectivity index (χ2n) is 9.15. The van der Waals surface area contributed by atoms with Crippen molar-refractivity contribution in [3.05, 3.63) is 36.2 Å². The third-order valence-corrected chi connectivity index (χ3v) is 6.81. The zero-order chi connectivity index (χ0) is 24.8. The van der Waals surface area contributed by atoms with Crippen molar-refractivity contribution in [1.82, 2.24) is 20.1 Å². The lowest BCUT2D eigenvalue weighted by molar-refractivity contribution is -0.137. The predicted molar refractivity (Wildman–Crippen MR) is 114 cm³/mol. The van der Waals surface area contributed by atoms with E-state index in [-0.39, 0.29) is 55.2 Å². The maximum absolute atomic E-state index is 15.4. The molecule has 2 aromatic rings. The molecule has 0 spiro atoms. The molecule has 1 aliphatic carbocycles. The number of hydrogen-bond acceptors (Lipinski definition) is 6. The molecule has 0 radical (unpaired) electrons. The molecule has 0 amide bonds. The van der Waals surface area contributed by atoms with E-state index in [4.69, 9.17) is 7.48 Å². The van der Waals surface area contributed by atoms with E-state index in [1.807, 2.05) is 0 Å². The number of likely N-dealkylation sites (tertiary alicyclic amines) is 1. The number of nitrogens with one attached hydrogen (secondary N) is 1. The molecule has 3 fully saturated rings. The highest BCUT2D eigenvalue weighted by molar-refractivity contribution is 5.63. The number of fused-ring (bicyclic) bond motifs is 1. The van der Waals surface area contributed by atoms with Crippen LogP contribution < -0.4 is 5.32 Å². The van der Waals surface area contributed by atoms with E-state index < -0.39 is 23.9 Å². The molecular formula is C23H27F4N5O. The van der Waals surface area contributed by atoms with E-state index in [0.717, 1.165) is 31.3 Å². The lowest BCUT2D eigenvalue weighted by Crippen LogP contribution is -2.43. The van der Waals surface area contributed by atoms with Crippen molar-refractivity contribution in [3.63, 3.8) is 0 Å². The highest BCUT2D eigenvalue weighted by Gasteiger charge is 2.44. The van der Waals surface area contributed by atoms with Crippen molar-refractivity contribution in [2.75, 3.05) is 38.1 Å². The number of anilines is 1. The molecule has 6 nitrogen and oxygen atoms in total. The van der Waals surface area contributed by atoms with E-state index >= 15 is 4.39 Å². The fourth-order valence-electron chi connectivity index (χ4n) is 5.21. The van der Waals surface area contributed by atoms with Crippen LogP contribution in [0.25, 0.3) is 11.3 Å². The molecule has 2 aliphatic heterocycles. The summed E-state index contributed by atoms with van der Waals surface area (Å²) in [6.45, 7) is -0.572. The molecule has 1 unspecified atom stereocenters. The minimum Gasteiger partial charge on any atom is -0.381 e. The number of hydrogen-bond donors (Lipinski definition) is 1. The van der Waals surface area contributed by atoms with Gasteiger partial charge in [-0.25, -0.2) is 4.39 Å². The molecule has 3 atom stereocenters. The van der Waals surface area contributed by atoms with Gasteiger partial charge < -0.3 is 10.1 Å². The first-order chi connectivity index (χ1) is 16.6. The number of aromatic nitrogens is 3. The van der Waals surface area contributed by atoms with Crippen LogP contribution in [0.1, 0.15) is 34.0 Å². The van der Waals surface area contributed by atoms with Crippen LogP contribution in [0.2, 0.25) is 0 Å². The zero-order valence-electron chi connectivity index (χ0n) is 20.0. The van der Waals surface area contributed by atoms with Gasteiger partial charge in [-0.05, 0) is 42.9 Å². The minimum atomic E-state index is -4.52. The van der Waals surface area contributed by atoms with Gasteiger partial charge in [0.05, 0.1) is 11.3 Å². The monoisotopic (exact) mass is 467 g/mol. The number of nitrogens with zero attached hydrogens (tertiary/aromatic N) is 4. The van der Waals surface area contributed by atoms with E-state index in [1.54, 1.807) is 11.0 Å². The van der Waals surface area contributed by atoms with Gasteiger partial charge in [-0.3, -0.25) is 9.88 Å². The number of pyridine rings is 1. The molecule has 10 heteroatoms. The fourth-order valence-corrected chi connectivity index (χ4v) is 5.21. The van der Waals surface area contributed by atoms with Gasteiger partial charge >= 0.3 is 6.18 Å². The first-order valence-corrected chi connectivity index (χ1v) is 11.2. The van der Waals surface area contributed by atoms with Crippen LogP contribution in [-0.4, -0.2) is 64.6 Å². The summed E-state index contributed by atoms with van der Waals surface area (Å²) in [7, 11) is 0. The van der Waals surface area contributed by atoms with Crippen molar-refractivity contribution < 1.29 is 25.0 Å². The Bertz CT molecular complexity index is 1030. The third kappa shape index (κ3) is 4.96. The second kappa shape index (κ2) is 8.79. The topological polar surface area (TPSA) is 63.2 Å². The smallest absolute Gasteiger partial charge is 0.381 e. The van der Waals surface area contributed by atoms with Gasteiger partial charge in [0, 0.05) is 72.4 Å². The zero-order valence-corrected chi connectivity index (χ0v) is 18.0. The van der Waals surface area contributed by atoms with Crippen LogP contribution in [0.15, 0.2) is 30.6 Å². The summed E-state index contributed by atoms with van der Waals surface area (Å²) in [5.41, 5.74) is -2.75. The maximum atomic E-state index is 15.4. The summed E-state index contributed by atoms with van der Waals surface area (Å²) in [5, 5.41) is 11.4. The number of alkyl halides is 4. The first-order valence-electron chi connectivity index (χ1n) is 12.2. The summed E-state index contributed by atoms with van der Waals surface area (Å²) >= 11 is 0. The molecule has 178 valence electrons. The Morgan fingerprint density at radius 1 is 1.12 bits per heavy atom. The molecule has 5 rings (SSSR count). The molecule has 2 aromatic heterocycles. The largest absolute Gasteiger partial charge is 0.417 e. The molecule has 33 heavy (non-hydrogen) atoms. The maximum Gasteiger partial charge on any atom is 0.417 e. The van der Waals surface area contributed by atoms with E-state index in [2.05, 4.69) is 20.5 Å². The van der Waals surface area contributed by atoms with Gasteiger partial charge in [-0.1, -0.05) is 0 Å². The molecule has 1 N–H and O–H groups in total. The average molecular weight is 468 g/mol. The summed E-state index contributed by atoms with van der Waals surface area (Å²) < 4.78 is 77.5. The summed E-state index contributed by atoms with van der Waals surface area (Å²) in [5.74, 6) is 0.944. The lowest BCUT2D eigenvalue weighted by atomic mass is 9.96. The van der Waals surface area contributed by atoms with E-state index in [1.165, 1.54) is 6.07 Å². The molecule has 0 bridgehead atoms. The molecule has 0 aromatic carbocycles.